The van der Waals surface area contributed by atoms with Gasteiger partial charge in [-0.05, 0) is 37.9 Å². The predicted octanol–water partition coefficient (Wildman–Crippen LogP) is 0.825. The molecule has 0 radical (unpaired) electrons. The van der Waals surface area contributed by atoms with Crippen molar-refractivity contribution in [2.45, 2.75) is 25.3 Å². The summed E-state index contributed by atoms with van der Waals surface area (Å²) in [6.07, 6.45) is 4.76. The van der Waals surface area contributed by atoms with Crippen LogP contribution < -0.4 is 10.6 Å². The molecule has 1 aromatic heterocycles. The molecule has 18 heavy (non-hydrogen) atoms. The van der Waals surface area contributed by atoms with Crippen LogP contribution in [0.1, 0.15) is 35.3 Å². The Morgan fingerprint density at radius 1 is 1.61 bits per heavy atom. The van der Waals surface area contributed by atoms with Crippen LogP contribution in [0.2, 0.25) is 0 Å². The molecule has 2 heterocycles. The smallest absolute Gasteiger partial charge is 0.269 e. The quantitative estimate of drug-likeness (QED) is 0.822. The van der Waals surface area contributed by atoms with Gasteiger partial charge in [-0.1, -0.05) is 0 Å². The summed E-state index contributed by atoms with van der Waals surface area (Å²) in [5, 5.41) is 14.9. The molecule has 2 N–H and O–H groups in total. The zero-order valence-corrected chi connectivity index (χ0v) is 10.1. The molecular formula is C13H16N4O. The number of amides is 1. The Bertz CT molecular complexity index is 443. The number of nitrogens with one attached hydrogen (secondary N) is 2. The van der Waals surface area contributed by atoms with Gasteiger partial charge < -0.3 is 10.6 Å². The number of rotatable bonds is 4. The fourth-order valence-corrected chi connectivity index (χ4v) is 2.05. The Morgan fingerprint density at radius 2 is 2.50 bits per heavy atom. The summed E-state index contributed by atoms with van der Waals surface area (Å²) in [5.41, 5.74) is 0.815. The summed E-state index contributed by atoms with van der Waals surface area (Å²) in [5.74, 6) is -0.183. The maximum absolute atomic E-state index is 11.7. The predicted molar refractivity (Wildman–Crippen MR) is 66.9 cm³/mol. The molecular weight excluding hydrogens is 228 g/mol. The third-order valence-corrected chi connectivity index (χ3v) is 3.07. The summed E-state index contributed by atoms with van der Waals surface area (Å²) in [6.45, 7) is 1.73. The molecule has 0 saturated carbocycles. The summed E-state index contributed by atoms with van der Waals surface area (Å²) < 4.78 is 0. The van der Waals surface area contributed by atoms with Gasteiger partial charge in [-0.25, -0.2) is 4.98 Å². The average molecular weight is 244 g/mol. The fraction of sp³-hybridized carbons (Fsp3) is 0.462. The molecule has 1 amide bonds. The van der Waals surface area contributed by atoms with Crippen LogP contribution >= 0.6 is 0 Å². The number of nitrogens with zero attached hydrogens (tertiary/aromatic N) is 2. The SMILES string of the molecule is N#Cc1ccc(C(=O)NCC[C@H]2CCCN2)nc1. The van der Waals surface area contributed by atoms with E-state index < -0.39 is 0 Å². The highest BCUT2D eigenvalue weighted by atomic mass is 16.1. The van der Waals surface area contributed by atoms with Crippen molar-refractivity contribution in [3.63, 3.8) is 0 Å². The Hall–Kier alpha value is -1.93. The number of carbonyl (C=O) groups excluding carboxylic acids is 1. The molecule has 1 fully saturated rings. The molecule has 5 nitrogen and oxygen atoms in total. The molecule has 0 unspecified atom stereocenters. The molecule has 1 saturated heterocycles. The van der Waals surface area contributed by atoms with Gasteiger partial charge in [0.1, 0.15) is 11.8 Å². The minimum absolute atomic E-state index is 0.183. The number of hydrogen-bond donors (Lipinski definition) is 2. The van der Waals surface area contributed by atoms with Crippen molar-refractivity contribution in [3.8, 4) is 6.07 Å². The third-order valence-electron chi connectivity index (χ3n) is 3.07. The number of hydrogen-bond acceptors (Lipinski definition) is 4. The molecule has 2 rings (SSSR count). The first kappa shape index (κ1) is 12.5. The van der Waals surface area contributed by atoms with E-state index in [1.807, 2.05) is 6.07 Å². The Labute approximate surface area is 106 Å². The Morgan fingerprint density at radius 3 is 3.11 bits per heavy atom. The standard InChI is InChI=1S/C13H16N4O/c14-8-10-3-4-12(17-9-10)13(18)16-7-5-11-2-1-6-15-11/h3-4,9,11,15H,1-2,5-7H2,(H,16,18)/t11-/m1/s1. The van der Waals surface area contributed by atoms with Crippen molar-refractivity contribution in [2.75, 3.05) is 13.1 Å². The van der Waals surface area contributed by atoms with Gasteiger partial charge in [-0.15, -0.1) is 0 Å². The van der Waals surface area contributed by atoms with Gasteiger partial charge >= 0.3 is 0 Å². The second-order valence-electron chi connectivity index (χ2n) is 4.38. The van der Waals surface area contributed by atoms with Gasteiger partial charge in [0.15, 0.2) is 0 Å². The molecule has 0 aromatic carbocycles. The van der Waals surface area contributed by atoms with Crippen molar-refractivity contribution in [1.29, 1.82) is 5.26 Å². The molecule has 0 spiro atoms. The van der Waals surface area contributed by atoms with E-state index in [0.717, 1.165) is 13.0 Å². The van der Waals surface area contributed by atoms with Gasteiger partial charge in [0.25, 0.3) is 5.91 Å². The van der Waals surface area contributed by atoms with Gasteiger partial charge in [0.2, 0.25) is 0 Å². The van der Waals surface area contributed by atoms with Gasteiger partial charge in [-0.2, -0.15) is 5.26 Å². The van der Waals surface area contributed by atoms with Crippen molar-refractivity contribution in [1.82, 2.24) is 15.6 Å². The maximum atomic E-state index is 11.7. The monoisotopic (exact) mass is 244 g/mol. The van der Waals surface area contributed by atoms with E-state index in [-0.39, 0.29) is 5.91 Å². The molecule has 1 aliphatic heterocycles. The van der Waals surface area contributed by atoms with E-state index in [1.165, 1.54) is 19.0 Å². The van der Waals surface area contributed by atoms with Gasteiger partial charge in [0, 0.05) is 18.8 Å². The van der Waals surface area contributed by atoms with Crippen molar-refractivity contribution >= 4 is 5.91 Å². The summed E-state index contributed by atoms with van der Waals surface area (Å²) in [7, 11) is 0. The molecule has 0 bridgehead atoms. The van der Waals surface area contributed by atoms with Crippen molar-refractivity contribution in [3.05, 3.63) is 29.6 Å². The largest absolute Gasteiger partial charge is 0.351 e. The molecule has 1 atom stereocenters. The van der Waals surface area contributed by atoms with E-state index >= 15 is 0 Å². The van der Waals surface area contributed by atoms with Crippen molar-refractivity contribution in [2.24, 2.45) is 0 Å². The van der Waals surface area contributed by atoms with Crippen LogP contribution in [0.5, 0.6) is 0 Å². The first-order valence-corrected chi connectivity index (χ1v) is 6.17. The van der Waals surface area contributed by atoms with Crippen LogP contribution in [-0.4, -0.2) is 30.0 Å². The summed E-state index contributed by atoms with van der Waals surface area (Å²) in [6, 6.07) is 5.67. The highest BCUT2D eigenvalue weighted by Gasteiger charge is 2.14. The fourth-order valence-electron chi connectivity index (χ4n) is 2.05. The number of pyridine rings is 1. The van der Waals surface area contributed by atoms with E-state index in [9.17, 15) is 4.79 Å². The summed E-state index contributed by atoms with van der Waals surface area (Å²) >= 11 is 0. The first-order valence-electron chi connectivity index (χ1n) is 6.17. The number of nitriles is 1. The second kappa shape index (κ2) is 6.12. The topological polar surface area (TPSA) is 77.8 Å². The van der Waals surface area contributed by atoms with Crippen LogP contribution in [0.4, 0.5) is 0 Å². The van der Waals surface area contributed by atoms with Crippen LogP contribution in [0.3, 0.4) is 0 Å². The van der Waals surface area contributed by atoms with Crippen LogP contribution in [-0.2, 0) is 0 Å². The highest BCUT2D eigenvalue weighted by molar-refractivity contribution is 5.92. The van der Waals surface area contributed by atoms with Gasteiger partial charge in [0.05, 0.1) is 5.56 Å². The average Bonchev–Trinajstić information content (AvgIpc) is 2.92. The molecule has 1 aliphatic rings. The van der Waals surface area contributed by atoms with Crippen LogP contribution in [0, 0.1) is 11.3 Å². The highest BCUT2D eigenvalue weighted by Crippen LogP contribution is 2.07. The van der Waals surface area contributed by atoms with E-state index in [0.29, 0.717) is 23.8 Å². The summed E-state index contributed by atoms with van der Waals surface area (Å²) in [4.78, 5) is 15.7. The molecule has 5 heteroatoms. The lowest BCUT2D eigenvalue weighted by atomic mass is 10.1. The van der Waals surface area contributed by atoms with Crippen LogP contribution in [0.15, 0.2) is 18.3 Å². The molecule has 1 aromatic rings. The number of aromatic nitrogens is 1. The number of carbonyl (C=O) groups is 1. The van der Waals surface area contributed by atoms with Gasteiger partial charge in [-0.3, -0.25) is 4.79 Å². The van der Waals surface area contributed by atoms with E-state index in [4.69, 9.17) is 5.26 Å². The van der Waals surface area contributed by atoms with E-state index in [2.05, 4.69) is 15.6 Å². The molecule has 0 aliphatic carbocycles. The Balaban J connectivity index is 1.78. The zero-order valence-electron chi connectivity index (χ0n) is 10.1. The first-order chi connectivity index (χ1) is 8.79. The normalized spacial score (nSPS) is 18.3. The second-order valence-corrected chi connectivity index (χ2v) is 4.38. The minimum Gasteiger partial charge on any atom is -0.351 e. The van der Waals surface area contributed by atoms with Crippen LogP contribution in [0.25, 0.3) is 0 Å². The third kappa shape index (κ3) is 3.28. The lowest BCUT2D eigenvalue weighted by Gasteiger charge is -2.10. The lowest BCUT2D eigenvalue weighted by molar-refractivity contribution is 0.0947. The lowest BCUT2D eigenvalue weighted by Crippen LogP contribution is -2.30. The zero-order chi connectivity index (χ0) is 12.8. The van der Waals surface area contributed by atoms with E-state index in [1.54, 1.807) is 12.1 Å². The minimum atomic E-state index is -0.183. The molecule has 94 valence electrons. The Kier molecular flexibility index (Phi) is 4.26. The maximum Gasteiger partial charge on any atom is 0.269 e. The van der Waals surface area contributed by atoms with Crippen molar-refractivity contribution < 1.29 is 4.79 Å².